The molecule has 0 spiro atoms. The van der Waals surface area contributed by atoms with Gasteiger partial charge in [0.15, 0.2) is 6.61 Å². The number of benzene rings is 2. The van der Waals surface area contributed by atoms with Crippen LogP contribution >= 0.6 is 0 Å². The molecule has 0 aliphatic rings. The summed E-state index contributed by atoms with van der Waals surface area (Å²) in [5.41, 5.74) is 1.38. The minimum atomic E-state index is -0.452. The predicted molar refractivity (Wildman–Crippen MR) is 71.1 cm³/mol. The van der Waals surface area contributed by atoms with E-state index in [1.165, 1.54) is 7.11 Å². The highest BCUT2D eigenvalue weighted by Gasteiger charge is 2.10. The number of carbonyl (C=O) groups excluding carboxylic acids is 1. The van der Waals surface area contributed by atoms with E-state index in [0.29, 0.717) is 11.3 Å². The Kier molecular flexibility index (Phi) is 4.03. The molecule has 2 aromatic rings. The Morgan fingerprint density at radius 2 is 1.68 bits per heavy atom. The van der Waals surface area contributed by atoms with Crippen LogP contribution < -0.4 is 4.74 Å². The van der Waals surface area contributed by atoms with Crippen LogP contribution in [0.4, 0.5) is 0 Å². The number of hydrogen-bond acceptors (Lipinski definition) is 4. The number of aromatic hydroxyl groups is 1. The van der Waals surface area contributed by atoms with Crippen molar-refractivity contribution >= 4 is 5.97 Å². The van der Waals surface area contributed by atoms with E-state index in [0.717, 1.165) is 5.56 Å². The van der Waals surface area contributed by atoms with Gasteiger partial charge in [0.1, 0.15) is 11.5 Å². The zero-order valence-corrected chi connectivity index (χ0v) is 10.5. The first-order chi connectivity index (χ1) is 9.22. The van der Waals surface area contributed by atoms with Gasteiger partial charge in [-0.3, -0.25) is 0 Å². The fourth-order valence-electron chi connectivity index (χ4n) is 1.71. The third-order valence-corrected chi connectivity index (χ3v) is 2.65. The third-order valence-electron chi connectivity index (χ3n) is 2.65. The standard InChI is InChI=1S/C15H14O4/c1-18-15(17)10-19-14-9-5-3-7-12(14)11-6-2-4-8-13(11)16/h2-9,16H,10H2,1H3. The molecule has 0 radical (unpaired) electrons. The number of ether oxygens (including phenoxy) is 2. The second kappa shape index (κ2) is 5.91. The minimum Gasteiger partial charge on any atom is -0.507 e. The maximum Gasteiger partial charge on any atom is 0.343 e. The normalized spacial score (nSPS) is 9.95. The van der Waals surface area contributed by atoms with Crippen LogP contribution in [0.3, 0.4) is 0 Å². The fourth-order valence-corrected chi connectivity index (χ4v) is 1.71. The zero-order valence-electron chi connectivity index (χ0n) is 10.5. The van der Waals surface area contributed by atoms with Gasteiger partial charge in [-0.25, -0.2) is 4.79 Å². The van der Waals surface area contributed by atoms with Crippen LogP contribution in [0.1, 0.15) is 0 Å². The molecule has 0 saturated carbocycles. The zero-order chi connectivity index (χ0) is 13.7. The number of para-hydroxylation sites is 2. The van der Waals surface area contributed by atoms with Gasteiger partial charge in [0.05, 0.1) is 7.11 Å². The van der Waals surface area contributed by atoms with E-state index in [2.05, 4.69) is 4.74 Å². The number of esters is 1. The summed E-state index contributed by atoms with van der Waals surface area (Å²) in [6.45, 7) is -0.166. The molecule has 0 bridgehead atoms. The summed E-state index contributed by atoms with van der Waals surface area (Å²) in [6, 6.07) is 14.2. The van der Waals surface area contributed by atoms with Crippen molar-refractivity contribution in [3.63, 3.8) is 0 Å². The highest BCUT2D eigenvalue weighted by Crippen LogP contribution is 2.35. The van der Waals surface area contributed by atoms with Gasteiger partial charge < -0.3 is 14.6 Å². The third kappa shape index (κ3) is 3.04. The molecule has 1 N–H and O–H groups in total. The molecule has 2 rings (SSSR count). The maximum atomic E-state index is 11.1. The second-order valence-electron chi connectivity index (χ2n) is 3.88. The van der Waals surface area contributed by atoms with E-state index in [9.17, 15) is 9.90 Å². The summed E-state index contributed by atoms with van der Waals surface area (Å²) in [7, 11) is 1.31. The van der Waals surface area contributed by atoms with Gasteiger partial charge in [-0.15, -0.1) is 0 Å². The van der Waals surface area contributed by atoms with Crippen LogP contribution in [0.15, 0.2) is 48.5 Å². The molecule has 0 aliphatic carbocycles. The first-order valence-corrected chi connectivity index (χ1v) is 5.79. The van der Waals surface area contributed by atoms with Gasteiger partial charge in [-0.1, -0.05) is 36.4 Å². The number of carbonyl (C=O) groups is 1. The minimum absolute atomic E-state index is 0.164. The van der Waals surface area contributed by atoms with Gasteiger partial charge in [0.2, 0.25) is 0 Å². The quantitative estimate of drug-likeness (QED) is 0.856. The molecule has 0 aliphatic heterocycles. The molecule has 19 heavy (non-hydrogen) atoms. The average Bonchev–Trinajstić information content (AvgIpc) is 2.45. The molecule has 0 amide bonds. The molecule has 0 aromatic heterocycles. The molecular weight excluding hydrogens is 244 g/mol. The highest BCUT2D eigenvalue weighted by molar-refractivity contribution is 5.76. The Bertz CT molecular complexity index is 578. The molecule has 0 unspecified atom stereocenters. The summed E-state index contributed by atoms with van der Waals surface area (Å²) in [4.78, 5) is 11.1. The van der Waals surface area contributed by atoms with E-state index in [1.54, 1.807) is 30.3 Å². The van der Waals surface area contributed by atoms with Gasteiger partial charge >= 0.3 is 5.97 Å². The van der Waals surface area contributed by atoms with Crippen LogP contribution in [-0.2, 0) is 9.53 Å². The van der Waals surface area contributed by atoms with Crippen LogP contribution in [0.25, 0.3) is 11.1 Å². The Labute approximate surface area is 111 Å². The first kappa shape index (κ1) is 13.0. The first-order valence-electron chi connectivity index (χ1n) is 5.79. The van der Waals surface area contributed by atoms with E-state index in [4.69, 9.17) is 4.74 Å². The van der Waals surface area contributed by atoms with Gasteiger partial charge in [0, 0.05) is 11.1 Å². The van der Waals surface area contributed by atoms with Crippen LogP contribution in [0.5, 0.6) is 11.5 Å². The van der Waals surface area contributed by atoms with Crippen molar-refractivity contribution in [2.75, 3.05) is 13.7 Å². The summed E-state index contributed by atoms with van der Waals surface area (Å²) in [6.07, 6.45) is 0. The van der Waals surface area contributed by atoms with Crippen molar-refractivity contribution in [1.29, 1.82) is 0 Å². The van der Waals surface area contributed by atoms with Crippen molar-refractivity contribution in [2.24, 2.45) is 0 Å². The van der Waals surface area contributed by atoms with E-state index < -0.39 is 5.97 Å². The Morgan fingerprint density at radius 1 is 1.05 bits per heavy atom. The Hall–Kier alpha value is -2.49. The summed E-state index contributed by atoms with van der Waals surface area (Å²) in [5.74, 6) is 0.234. The fraction of sp³-hybridized carbons (Fsp3) is 0.133. The monoisotopic (exact) mass is 258 g/mol. The van der Waals surface area contributed by atoms with Crippen molar-refractivity contribution in [3.8, 4) is 22.6 Å². The van der Waals surface area contributed by atoms with Gasteiger partial charge in [0.25, 0.3) is 0 Å². The summed E-state index contributed by atoms with van der Waals surface area (Å²) in [5, 5.41) is 9.86. The molecule has 4 nitrogen and oxygen atoms in total. The van der Waals surface area contributed by atoms with Crippen LogP contribution in [0.2, 0.25) is 0 Å². The second-order valence-corrected chi connectivity index (χ2v) is 3.88. The largest absolute Gasteiger partial charge is 0.507 e. The van der Waals surface area contributed by atoms with Crippen LogP contribution in [0, 0.1) is 0 Å². The molecule has 0 heterocycles. The van der Waals surface area contributed by atoms with Crippen molar-refractivity contribution in [2.45, 2.75) is 0 Å². The summed E-state index contributed by atoms with van der Waals surface area (Å²) < 4.78 is 9.94. The van der Waals surface area contributed by atoms with E-state index in [1.807, 2.05) is 18.2 Å². The number of methoxy groups -OCH3 is 1. The smallest absolute Gasteiger partial charge is 0.343 e. The molecule has 0 atom stereocenters. The van der Waals surface area contributed by atoms with Gasteiger partial charge in [-0.2, -0.15) is 0 Å². The number of hydrogen-bond donors (Lipinski definition) is 1. The summed E-state index contributed by atoms with van der Waals surface area (Å²) >= 11 is 0. The molecular formula is C15H14O4. The maximum absolute atomic E-state index is 11.1. The van der Waals surface area contributed by atoms with Crippen molar-refractivity contribution < 1.29 is 19.4 Å². The number of phenolic OH excluding ortho intramolecular Hbond substituents is 1. The molecule has 0 saturated heterocycles. The molecule has 0 fully saturated rings. The van der Waals surface area contributed by atoms with Crippen LogP contribution in [-0.4, -0.2) is 24.8 Å². The van der Waals surface area contributed by atoms with Crippen molar-refractivity contribution in [1.82, 2.24) is 0 Å². The lowest BCUT2D eigenvalue weighted by molar-refractivity contribution is -0.142. The molecule has 2 aromatic carbocycles. The number of phenols is 1. The van der Waals surface area contributed by atoms with E-state index >= 15 is 0 Å². The van der Waals surface area contributed by atoms with E-state index in [-0.39, 0.29) is 12.4 Å². The molecule has 4 heteroatoms. The SMILES string of the molecule is COC(=O)COc1ccccc1-c1ccccc1O. The van der Waals surface area contributed by atoms with Gasteiger partial charge in [-0.05, 0) is 12.1 Å². The topological polar surface area (TPSA) is 55.8 Å². The Morgan fingerprint density at radius 3 is 2.37 bits per heavy atom. The van der Waals surface area contributed by atoms with Crippen molar-refractivity contribution in [3.05, 3.63) is 48.5 Å². The Balaban J connectivity index is 2.31. The average molecular weight is 258 g/mol. The number of rotatable bonds is 4. The lowest BCUT2D eigenvalue weighted by Crippen LogP contribution is -2.12. The highest BCUT2D eigenvalue weighted by atomic mass is 16.6. The molecule has 98 valence electrons. The lowest BCUT2D eigenvalue weighted by atomic mass is 10.0. The predicted octanol–water partition coefficient (Wildman–Crippen LogP) is 2.61. The lowest BCUT2D eigenvalue weighted by Gasteiger charge is -2.11.